The average molecular weight is 243 g/mol. The summed E-state index contributed by atoms with van der Waals surface area (Å²) in [5.74, 6) is 2.77. The summed E-state index contributed by atoms with van der Waals surface area (Å²) < 4.78 is 11.6. The van der Waals surface area contributed by atoms with Crippen LogP contribution in [0, 0.1) is 0 Å². The molecular weight excluding hydrogens is 226 g/mol. The molecule has 0 atom stereocenters. The zero-order valence-corrected chi connectivity index (χ0v) is 10.5. The summed E-state index contributed by atoms with van der Waals surface area (Å²) in [7, 11) is 1.91. The van der Waals surface area contributed by atoms with Crippen LogP contribution in [-0.2, 0) is 6.54 Å². The van der Waals surface area contributed by atoms with E-state index in [4.69, 9.17) is 9.15 Å². The van der Waals surface area contributed by atoms with Gasteiger partial charge in [0, 0.05) is 5.56 Å². The molecule has 1 saturated carbocycles. The van der Waals surface area contributed by atoms with E-state index < -0.39 is 0 Å². The Balaban J connectivity index is 1.80. The maximum Gasteiger partial charge on any atom is 0.134 e. The number of hydrogen-bond donors (Lipinski definition) is 1. The molecule has 1 N–H and O–H groups in total. The van der Waals surface area contributed by atoms with Crippen molar-refractivity contribution in [2.75, 3.05) is 7.05 Å². The molecule has 1 fully saturated rings. The van der Waals surface area contributed by atoms with Crippen LogP contribution < -0.4 is 10.1 Å². The lowest BCUT2D eigenvalue weighted by molar-refractivity contribution is 0.303. The average Bonchev–Trinajstić information content (AvgIpc) is 3.06. The lowest BCUT2D eigenvalue weighted by atomic mass is 10.1. The van der Waals surface area contributed by atoms with Gasteiger partial charge in [-0.15, -0.1) is 0 Å². The van der Waals surface area contributed by atoms with Crippen LogP contribution in [0.4, 0.5) is 0 Å². The van der Waals surface area contributed by atoms with E-state index in [0.29, 0.717) is 6.10 Å². The Kier molecular flexibility index (Phi) is 3.07. The lowest BCUT2D eigenvalue weighted by Crippen LogP contribution is -2.03. The fourth-order valence-electron chi connectivity index (χ4n) is 1.90. The minimum atomic E-state index is 0.428. The fourth-order valence-corrected chi connectivity index (χ4v) is 1.90. The van der Waals surface area contributed by atoms with Crippen LogP contribution >= 0.6 is 0 Å². The van der Waals surface area contributed by atoms with E-state index in [1.165, 1.54) is 12.8 Å². The molecule has 1 aromatic heterocycles. The molecule has 0 spiro atoms. The molecule has 0 bridgehead atoms. The van der Waals surface area contributed by atoms with Crippen molar-refractivity contribution in [1.82, 2.24) is 5.32 Å². The third kappa shape index (κ3) is 2.57. The molecule has 94 valence electrons. The van der Waals surface area contributed by atoms with Crippen LogP contribution in [-0.4, -0.2) is 13.2 Å². The first-order valence-electron chi connectivity index (χ1n) is 6.35. The van der Waals surface area contributed by atoms with E-state index in [1.807, 2.05) is 43.4 Å². The highest BCUT2D eigenvalue weighted by Gasteiger charge is 2.23. The highest BCUT2D eigenvalue weighted by Crippen LogP contribution is 2.30. The van der Waals surface area contributed by atoms with Crippen LogP contribution in [0.25, 0.3) is 11.3 Å². The Hall–Kier alpha value is -1.74. The van der Waals surface area contributed by atoms with E-state index >= 15 is 0 Å². The maximum atomic E-state index is 5.79. The van der Waals surface area contributed by atoms with E-state index in [9.17, 15) is 0 Å². The van der Waals surface area contributed by atoms with Crippen molar-refractivity contribution in [2.24, 2.45) is 0 Å². The molecule has 3 heteroatoms. The van der Waals surface area contributed by atoms with Crippen molar-refractivity contribution < 1.29 is 9.15 Å². The fraction of sp³-hybridized carbons (Fsp3) is 0.333. The Morgan fingerprint density at radius 2 is 2.17 bits per heavy atom. The summed E-state index contributed by atoms with van der Waals surface area (Å²) in [5, 5.41) is 3.08. The molecule has 0 saturated heterocycles. The van der Waals surface area contributed by atoms with Crippen LogP contribution in [0.2, 0.25) is 0 Å². The van der Waals surface area contributed by atoms with Crippen LogP contribution in [0.15, 0.2) is 40.8 Å². The number of nitrogens with one attached hydrogen (secondary N) is 1. The van der Waals surface area contributed by atoms with Gasteiger partial charge in [-0.05, 0) is 44.2 Å². The maximum absolute atomic E-state index is 5.79. The summed E-state index contributed by atoms with van der Waals surface area (Å²) in [6, 6.07) is 12.1. The molecular formula is C15H17NO2. The van der Waals surface area contributed by atoms with E-state index in [0.717, 1.165) is 29.4 Å². The summed E-state index contributed by atoms with van der Waals surface area (Å²) in [6.07, 6.45) is 2.78. The number of hydrogen-bond acceptors (Lipinski definition) is 3. The van der Waals surface area contributed by atoms with Gasteiger partial charge < -0.3 is 14.5 Å². The Bertz CT molecular complexity index is 529. The van der Waals surface area contributed by atoms with Crippen LogP contribution in [0.1, 0.15) is 18.6 Å². The Morgan fingerprint density at radius 3 is 2.94 bits per heavy atom. The molecule has 1 aliphatic carbocycles. The van der Waals surface area contributed by atoms with Crippen molar-refractivity contribution >= 4 is 0 Å². The molecule has 1 aliphatic rings. The number of rotatable bonds is 5. The lowest BCUT2D eigenvalue weighted by Gasteiger charge is -2.05. The summed E-state index contributed by atoms with van der Waals surface area (Å²) >= 11 is 0. The largest absolute Gasteiger partial charge is 0.490 e. The van der Waals surface area contributed by atoms with Crippen molar-refractivity contribution in [3.05, 3.63) is 42.2 Å². The van der Waals surface area contributed by atoms with Gasteiger partial charge in [0.15, 0.2) is 0 Å². The topological polar surface area (TPSA) is 34.4 Å². The number of ether oxygens (including phenoxy) is 1. The van der Waals surface area contributed by atoms with Crippen molar-refractivity contribution in [1.29, 1.82) is 0 Å². The van der Waals surface area contributed by atoms with Gasteiger partial charge in [0.2, 0.25) is 0 Å². The van der Waals surface area contributed by atoms with Gasteiger partial charge in [-0.3, -0.25) is 0 Å². The predicted octanol–water partition coefficient (Wildman–Crippen LogP) is 3.21. The molecule has 2 aromatic rings. The third-order valence-corrected chi connectivity index (χ3v) is 2.96. The van der Waals surface area contributed by atoms with E-state index in [2.05, 4.69) is 5.32 Å². The monoisotopic (exact) mass is 243 g/mol. The van der Waals surface area contributed by atoms with Gasteiger partial charge in [0.1, 0.15) is 17.3 Å². The van der Waals surface area contributed by atoms with E-state index in [1.54, 1.807) is 0 Å². The SMILES string of the molecule is CNCc1ccc(-c2cccc(OC3CC3)c2)o1. The second kappa shape index (κ2) is 4.86. The molecule has 3 nitrogen and oxygen atoms in total. The van der Waals surface area contributed by atoms with Crippen LogP contribution in [0.5, 0.6) is 5.75 Å². The second-order valence-corrected chi connectivity index (χ2v) is 4.64. The first-order chi connectivity index (χ1) is 8.85. The van der Waals surface area contributed by atoms with Gasteiger partial charge in [0.05, 0.1) is 12.6 Å². The molecule has 18 heavy (non-hydrogen) atoms. The normalized spacial score (nSPS) is 14.7. The minimum absolute atomic E-state index is 0.428. The van der Waals surface area contributed by atoms with Crippen molar-refractivity contribution in [3.63, 3.8) is 0 Å². The van der Waals surface area contributed by atoms with Crippen molar-refractivity contribution in [2.45, 2.75) is 25.5 Å². The molecule has 3 rings (SSSR count). The molecule has 0 amide bonds. The van der Waals surface area contributed by atoms with Crippen LogP contribution in [0.3, 0.4) is 0 Å². The quantitative estimate of drug-likeness (QED) is 0.875. The zero-order valence-electron chi connectivity index (χ0n) is 10.5. The number of furan rings is 1. The second-order valence-electron chi connectivity index (χ2n) is 4.64. The van der Waals surface area contributed by atoms with Gasteiger partial charge >= 0.3 is 0 Å². The molecule has 0 aliphatic heterocycles. The molecule has 0 radical (unpaired) electrons. The standard InChI is InChI=1S/C15H17NO2/c1-16-10-14-7-8-15(18-14)11-3-2-4-13(9-11)17-12-5-6-12/h2-4,7-9,12,16H,5-6,10H2,1H3. The van der Waals surface area contributed by atoms with Gasteiger partial charge in [-0.25, -0.2) is 0 Å². The number of benzene rings is 1. The minimum Gasteiger partial charge on any atom is -0.490 e. The molecule has 1 aromatic carbocycles. The van der Waals surface area contributed by atoms with Gasteiger partial charge in [-0.1, -0.05) is 12.1 Å². The highest BCUT2D eigenvalue weighted by atomic mass is 16.5. The Labute approximate surface area is 107 Å². The third-order valence-electron chi connectivity index (χ3n) is 2.96. The Morgan fingerprint density at radius 1 is 1.28 bits per heavy atom. The van der Waals surface area contributed by atoms with Crippen molar-refractivity contribution in [3.8, 4) is 17.1 Å². The van der Waals surface area contributed by atoms with Gasteiger partial charge in [0.25, 0.3) is 0 Å². The zero-order chi connectivity index (χ0) is 12.4. The summed E-state index contributed by atoms with van der Waals surface area (Å²) in [6.45, 7) is 0.748. The molecule has 1 heterocycles. The highest BCUT2D eigenvalue weighted by molar-refractivity contribution is 5.59. The first kappa shape index (κ1) is 11.4. The predicted molar refractivity (Wildman–Crippen MR) is 70.6 cm³/mol. The summed E-state index contributed by atoms with van der Waals surface area (Å²) in [5.41, 5.74) is 1.07. The smallest absolute Gasteiger partial charge is 0.134 e. The molecule has 0 unspecified atom stereocenters. The summed E-state index contributed by atoms with van der Waals surface area (Å²) in [4.78, 5) is 0. The van der Waals surface area contributed by atoms with Gasteiger partial charge in [-0.2, -0.15) is 0 Å². The van der Waals surface area contributed by atoms with E-state index in [-0.39, 0.29) is 0 Å². The first-order valence-corrected chi connectivity index (χ1v) is 6.35.